The van der Waals surface area contributed by atoms with E-state index in [1.807, 2.05) is 45.1 Å². The van der Waals surface area contributed by atoms with Crippen LogP contribution in [0.15, 0.2) is 59.4 Å². The van der Waals surface area contributed by atoms with E-state index >= 15 is 0 Å². The molecule has 4 nitrogen and oxygen atoms in total. The third kappa shape index (κ3) is 8.35. The molecule has 5 heteroatoms. The summed E-state index contributed by atoms with van der Waals surface area (Å²) in [6, 6.07) is 7.17. The van der Waals surface area contributed by atoms with Gasteiger partial charge in [0, 0.05) is 17.1 Å². The molecule has 1 aliphatic carbocycles. The molecule has 1 aromatic rings. The summed E-state index contributed by atoms with van der Waals surface area (Å²) in [7, 11) is 0. The smallest absolute Gasteiger partial charge is 0.412 e. The Morgan fingerprint density at radius 3 is 2.59 bits per heavy atom. The average molecular weight is 390 g/mol. The van der Waals surface area contributed by atoms with E-state index in [1.165, 1.54) is 0 Å². The van der Waals surface area contributed by atoms with Crippen molar-refractivity contribution in [1.82, 2.24) is 0 Å². The van der Waals surface area contributed by atoms with Gasteiger partial charge in [-0.3, -0.25) is 5.32 Å². The zero-order valence-corrected chi connectivity index (χ0v) is 17.2. The molecule has 0 aromatic heterocycles. The summed E-state index contributed by atoms with van der Waals surface area (Å²) >= 11 is 6.30. The summed E-state index contributed by atoms with van der Waals surface area (Å²) in [4.78, 5) is 11.8. The maximum Gasteiger partial charge on any atom is 0.412 e. The SMILES string of the molecule is CC1/C=C\CC/C(Oc2ccc(NC(=O)OC(C)(C)C)cc2)=C\C(Cl)=C\C1. The van der Waals surface area contributed by atoms with Gasteiger partial charge >= 0.3 is 6.09 Å². The predicted molar refractivity (Wildman–Crippen MR) is 111 cm³/mol. The molecule has 0 fully saturated rings. The minimum absolute atomic E-state index is 0.482. The minimum atomic E-state index is -0.533. The van der Waals surface area contributed by atoms with Gasteiger partial charge in [0.2, 0.25) is 0 Å². The molecule has 1 aromatic carbocycles. The van der Waals surface area contributed by atoms with Crippen LogP contribution in [0.1, 0.15) is 47.0 Å². The molecule has 1 amide bonds. The van der Waals surface area contributed by atoms with Gasteiger partial charge in [-0.15, -0.1) is 0 Å². The van der Waals surface area contributed by atoms with Gasteiger partial charge in [0.25, 0.3) is 0 Å². The van der Waals surface area contributed by atoms with Gasteiger partial charge in [0.15, 0.2) is 0 Å². The maximum atomic E-state index is 11.8. The van der Waals surface area contributed by atoms with E-state index in [-0.39, 0.29) is 0 Å². The highest BCUT2D eigenvalue weighted by Crippen LogP contribution is 2.23. The highest BCUT2D eigenvalue weighted by Gasteiger charge is 2.16. The molecule has 0 radical (unpaired) electrons. The summed E-state index contributed by atoms with van der Waals surface area (Å²) in [6.07, 6.45) is 10.4. The molecule has 1 N–H and O–H groups in total. The number of halogens is 1. The first-order chi connectivity index (χ1) is 12.7. The number of ether oxygens (including phenoxy) is 2. The Kier molecular flexibility index (Phi) is 7.55. The van der Waals surface area contributed by atoms with E-state index in [0.717, 1.165) is 25.0 Å². The molecule has 2 rings (SSSR count). The zero-order valence-electron chi connectivity index (χ0n) is 16.4. The van der Waals surface area contributed by atoms with Crippen LogP contribution in [0, 0.1) is 5.92 Å². The second-order valence-electron chi connectivity index (χ2n) is 7.63. The van der Waals surface area contributed by atoms with E-state index in [0.29, 0.717) is 22.4 Å². The van der Waals surface area contributed by atoms with Crippen LogP contribution in [-0.4, -0.2) is 11.7 Å². The lowest BCUT2D eigenvalue weighted by molar-refractivity contribution is 0.0636. The van der Waals surface area contributed by atoms with Gasteiger partial charge < -0.3 is 9.47 Å². The average Bonchev–Trinajstić information content (AvgIpc) is 2.56. The summed E-state index contributed by atoms with van der Waals surface area (Å²) in [5.41, 5.74) is 0.112. The topological polar surface area (TPSA) is 47.6 Å². The predicted octanol–water partition coefficient (Wildman–Crippen LogP) is 6.80. The lowest BCUT2D eigenvalue weighted by Crippen LogP contribution is -2.27. The Bertz CT molecular complexity index is 727. The summed E-state index contributed by atoms with van der Waals surface area (Å²) in [5, 5.41) is 3.39. The first-order valence-electron chi connectivity index (χ1n) is 9.22. The highest BCUT2D eigenvalue weighted by molar-refractivity contribution is 6.31. The molecule has 1 unspecified atom stereocenters. The number of hydrogen-bond donors (Lipinski definition) is 1. The van der Waals surface area contributed by atoms with Crippen LogP contribution in [0.25, 0.3) is 0 Å². The van der Waals surface area contributed by atoms with Gasteiger partial charge in [-0.2, -0.15) is 0 Å². The van der Waals surface area contributed by atoms with Crippen molar-refractivity contribution in [2.45, 2.75) is 52.6 Å². The van der Waals surface area contributed by atoms with E-state index < -0.39 is 11.7 Å². The minimum Gasteiger partial charge on any atom is -0.462 e. The summed E-state index contributed by atoms with van der Waals surface area (Å²) < 4.78 is 11.2. The fourth-order valence-corrected chi connectivity index (χ4v) is 2.69. The van der Waals surface area contributed by atoms with Gasteiger partial charge in [-0.25, -0.2) is 4.79 Å². The molecule has 0 bridgehead atoms. The van der Waals surface area contributed by atoms with Crippen molar-refractivity contribution >= 4 is 23.4 Å². The molecule has 0 saturated carbocycles. The van der Waals surface area contributed by atoms with Crippen molar-refractivity contribution in [2.24, 2.45) is 5.92 Å². The highest BCUT2D eigenvalue weighted by atomic mass is 35.5. The molecule has 0 saturated heterocycles. The number of amides is 1. The molecule has 1 aliphatic rings. The van der Waals surface area contributed by atoms with Gasteiger partial charge in [0.1, 0.15) is 17.1 Å². The molecule has 1 atom stereocenters. The van der Waals surface area contributed by atoms with Gasteiger partial charge in [0.05, 0.1) is 0 Å². The van der Waals surface area contributed by atoms with Crippen LogP contribution in [0.2, 0.25) is 0 Å². The van der Waals surface area contributed by atoms with Crippen molar-refractivity contribution < 1.29 is 14.3 Å². The number of rotatable bonds is 3. The molecule has 27 heavy (non-hydrogen) atoms. The second kappa shape index (κ2) is 9.65. The van der Waals surface area contributed by atoms with Crippen LogP contribution in [0.4, 0.5) is 10.5 Å². The van der Waals surface area contributed by atoms with Gasteiger partial charge in [-0.05, 0) is 69.9 Å². The Morgan fingerprint density at radius 2 is 1.93 bits per heavy atom. The van der Waals surface area contributed by atoms with Crippen molar-refractivity contribution in [1.29, 1.82) is 0 Å². The second-order valence-corrected chi connectivity index (χ2v) is 8.07. The van der Waals surface area contributed by atoms with Crippen molar-refractivity contribution in [2.75, 3.05) is 5.32 Å². The fourth-order valence-electron chi connectivity index (χ4n) is 2.48. The largest absolute Gasteiger partial charge is 0.462 e. The quantitative estimate of drug-likeness (QED) is 0.578. The first kappa shape index (κ1) is 21.1. The fraction of sp³-hybridized carbons (Fsp3) is 0.409. The number of hydrogen-bond acceptors (Lipinski definition) is 3. The lowest BCUT2D eigenvalue weighted by atomic mass is 10.0. The standard InChI is InChI=1S/C22H28ClNO3/c1-16-7-5-6-8-20(15-17(23)10-9-16)26-19-13-11-18(12-14-19)24-21(25)27-22(2,3)4/h5,7,10-16H,6,8-9H2,1-4H3,(H,24,25)/b7-5-,17-10-,20-15+. The van der Waals surface area contributed by atoms with Gasteiger partial charge in [-0.1, -0.05) is 36.8 Å². The van der Waals surface area contributed by atoms with Crippen LogP contribution in [-0.2, 0) is 4.74 Å². The summed E-state index contributed by atoms with van der Waals surface area (Å²) in [5.74, 6) is 1.98. The van der Waals surface area contributed by atoms with Crippen molar-refractivity contribution in [3.8, 4) is 5.75 Å². The van der Waals surface area contributed by atoms with Crippen LogP contribution >= 0.6 is 11.6 Å². The first-order valence-corrected chi connectivity index (χ1v) is 9.60. The van der Waals surface area contributed by atoms with E-state index in [2.05, 4.69) is 24.4 Å². The third-order valence-corrected chi connectivity index (χ3v) is 4.02. The number of allylic oxidation sites excluding steroid dienone is 6. The Labute approximate surface area is 166 Å². The Morgan fingerprint density at radius 1 is 1.22 bits per heavy atom. The van der Waals surface area contributed by atoms with E-state index in [9.17, 15) is 4.79 Å². The Hall–Kier alpha value is -2.20. The normalized spacial score (nSPS) is 23.2. The molecule has 0 heterocycles. The number of benzene rings is 1. The maximum absolute atomic E-state index is 11.8. The van der Waals surface area contributed by atoms with Crippen LogP contribution in [0.5, 0.6) is 5.75 Å². The number of nitrogens with one attached hydrogen (secondary N) is 1. The monoisotopic (exact) mass is 389 g/mol. The third-order valence-electron chi connectivity index (χ3n) is 3.75. The molecular formula is C22H28ClNO3. The molecule has 0 aliphatic heterocycles. The van der Waals surface area contributed by atoms with Crippen molar-refractivity contribution in [3.05, 3.63) is 59.4 Å². The van der Waals surface area contributed by atoms with Crippen LogP contribution < -0.4 is 10.1 Å². The molecule has 146 valence electrons. The number of carbonyl (C=O) groups excluding carboxylic acids is 1. The number of anilines is 1. The van der Waals surface area contributed by atoms with E-state index in [4.69, 9.17) is 21.1 Å². The lowest BCUT2D eigenvalue weighted by Gasteiger charge is -2.19. The van der Waals surface area contributed by atoms with Crippen LogP contribution in [0.3, 0.4) is 0 Å². The zero-order chi connectivity index (χ0) is 19.9. The van der Waals surface area contributed by atoms with E-state index in [1.54, 1.807) is 12.1 Å². The Balaban J connectivity index is 2.01. The molecular weight excluding hydrogens is 362 g/mol. The number of carbonyl (C=O) groups is 1. The van der Waals surface area contributed by atoms with Crippen molar-refractivity contribution in [3.63, 3.8) is 0 Å². The summed E-state index contributed by atoms with van der Waals surface area (Å²) in [6.45, 7) is 7.65. The molecule has 0 spiro atoms.